The van der Waals surface area contributed by atoms with Gasteiger partial charge < -0.3 is 4.74 Å². The summed E-state index contributed by atoms with van der Waals surface area (Å²) in [6.07, 6.45) is 13.9. The van der Waals surface area contributed by atoms with Gasteiger partial charge in [0.05, 0.1) is 17.6 Å². The summed E-state index contributed by atoms with van der Waals surface area (Å²) < 4.78 is 6.29. The molecular formula is C15H24O2. The third-order valence-electron chi connectivity index (χ3n) is 5.20. The third kappa shape index (κ3) is 2.05. The van der Waals surface area contributed by atoms with Crippen molar-refractivity contribution in [3.05, 3.63) is 0 Å². The molecule has 96 valence electrons. The number of Topliss-reactive ketones (excluding diaryl/α,β-unsaturated/α-hetero) is 1. The van der Waals surface area contributed by atoms with Crippen LogP contribution in [0, 0.1) is 5.41 Å². The van der Waals surface area contributed by atoms with Crippen LogP contribution in [-0.4, -0.2) is 18.0 Å². The molecule has 1 spiro atoms. The third-order valence-corrected chi connectivity index (χ3v) is 5.20. The fourth-order valence-electron chi connectivity index (χ4n) is 4.01. The zero-order valence-electron chi connectivity index (χ0n) is 10.7. The molecule has 3 fully saturated rings. The highest BCUT2D eigenvalue weighted by Gasteiger charge is 2.56. The van der Waals surface area contributed by atoms with Gasteiger partial charge in [0.2, 0.25) is 0 Å². The van der Waals surface area contributed by atoms with Crippen LogP contribution in [-0.2, 0) is 9.53 Å². The van der Waals surface area contributed by atoms with Gasteiger partial charge in [-0.3, -0.25) is 4.79 Å². The number of carbonyl (C=O) groups excluding carboxylic acids is 1. The molecule has 1 unspecified atom stereocenters. The Morgan fingerprint density at radius 2 is 1.59 bits per heavy atom. The molecule has 3 aliphatic rings. The van der Waals surface area contributed by atoms with Crippen LogP contribution >= 0.6 is 0 Å². The highest BCUT2D eigenvalue weighted by atomic mass is 16.5. The smallest absolute Gasteiger partial charge is 0.144 e. The minimum atomic E-state index is -0.0215. The van der Waals surface area contributed by atoms with E-state index in [1.165, 1.54) is 51.4 Å². The molecule has 0 radical (unpaired) electrons. The topological polar surface area (TPSA) is 26.3 Å². The van der Waals surface area contributed by atoms with Crippen molar-refractivity contribution in [1.82, 2.24) is 0 Å². The Balaban J connectivity index is 1.59. The van der Waals surface area contributed by atoms with Gasteiger partial charge in [0.1, 0.15) is 5.78 Å². The number of hydrogen-bond donors (Lipinski definition) is 0. The van der Waals surface area contributed by atoms with E-state index in [0.717, 1.165) is 12.8 Å². The number of ketones is 1. The molecule has 0 aromatic rings. The van der Waals surface area contributed by atoms with Crippen molar-refractivity contribution in [3.8, 4) is 0 Å². The maximum absolute atomic E-state index is 11.9. The molecule has 0 aromatic carbocycles. The molecule has 2 heteroatoms. The predicted octanol–water partition coefficient (Wildman–Crippen LogP) is 3.63. The molecule has 3 aliphatic carbocycles. The van der Waals surface area contributed by atoms with Crippen LogP contribution in [0.5, 0.6) is 0 Å². The van der Waals surface area contributed by atoms with E-state index in [1.807, 2.05) is 0 Å². The van der Waals surface area contributed by atoms with Crippen molar-refractivity contribution in [2.24, 2.45) is 5.41 Å². The average Bonchev–Trinajstić information content (AvgIpc) is 2.73. The van der Waals surface area contributed by atoms with Gasteiger partial charge in [-0.25, -0.2) is 0 Å². The number of ether oxygens (including phenoxy) is 1. The summed E-state index contributed by atoms with van der Waals surface area (Å²) in [7, 11) is 0. The summed E-state index contributed by atoms with van der Waals surface area (Å²) in [5.41, 5.74) is -0.0215. The van der Waals surface area contributed by atoms with Gasteiger partial charge in [-0.1, -0.05) is 38.5 Å². The molecule has 2 nitrogen and oxygen atoms in total. The molecular weight excluding hydrogens is 212 g/mol. The molecule has 17 heavy (non-hydrogen) atoms. The van der Waals surface area contributed by atoms with Gasteiger partial charge >= 0.3 is 0 Å². The number of carbonyl (C=O) groups is 1. The number of rotatable bonds is 2. The number of hydrogen-bond acceptors (Lipinski definition) is 2. The van der Waals surface area contributed by atoms with Crippen molar-refractivity contribution < 1.29 is 9.53 Å². The molecule has 3 rings (SSSR count). The SMILES string of the molecule is O=C1CC(OC2CCCCCC2)C12CCCC2. The second-order valence-corrected chi connectivity index (χ2v) is 6.23. The molecule has 0 N–H and O–H groups in total. The Kier molecular flexibility index (Phi) is 3.25. The first kappa shape index (κ1) is 11.7. The van der Waals surface area contributed by atoms with E-state index in [9.17, 15) is 4.79 Å². The van der Waals surface area contributed by atoms with Crippen LogP contribution in [0.4, 0.5) is 0 Å². The van der Waals surface area contributed by atoms with E-state index in [2.05, 4.69) is 0 Å². The van der Waals surface area contributed by atoms with Crippen molar-refractivity contribution in [1.29, 1.82) is 0 Å². The largest absolute Gasteiger partial charge is 0.373 e. The highest BCUT2D eigenvalue weighted by Crippen LogP contribution is 2.52. The minimum Gasteiger partial charge on any atom is -0.373 e. The zero-order chi connectivity index (χ0) is 11.7. The molecule has 0 aromatic heterocycles. The van der Waals surface area contributed by atoms with Gasteiger partial charge in [-0.05, 0) is 25.7 Å². The Labute approximate surface area is 104 Å². The monoisotopic (exact) mass is 236 g/mol. The summed E-state index contributed by atoms with van der Waals surface area (Å²) in [5, 5.41) is 0. The van der Waals surface area contributed by atoms with E-state index >= 15 is 0 Å². The van der Waals surface area contributed by atoms with Crippen molar-refractivity contribution >= 4 is 5.78 Å². The second kappa shape index (κ2) is 4.72. The maximum Gasteiger partial charge on any atom is 0.144 e. The fourth-order valence-corrected chi connectivity index (χ4v) is 4.01. The second-order valence-electron chi connectivity index (χ2n) is 6.23. The predicted molar refractivity (Wildman–Crippen MR) is 66.9 cm³/mol. The summed E-state index contributed by atoms with van der Waals surface area (Å²) >= 11 is 0. The molecule has 0 saturated heterocycles. The Hall–Kier alpha value is -0.370. The van der Waals surface area contributed by atoms with Crippen LogP contribution < -0.4 is 0 Å². The minimum absolute atomic E-state index is 0.0215. The lowest BCUT2D eigenvalue weighted by Gasteiger charge is -2.46. The Morgan fingerprint density at radius 1 is 0.941 bits per heavy atom. The first-order chi connectivity index (χ1) is 8.31. The lowest BCUT2D eigenvalue weighted by Crippen LogP contribution is -2.54. The summed E-state index contributed by atoms with van der Waals surface area (Å²) in [4.78, 5) is 11.9. The fraction of sp³-hybridized carbons (Fsp3) is 0.933. The summed E-state index contributed by atoms with van der Waals surface area (Å²) in [5.74, 6) is 0.494. The molecule has 0 amide bonds. The van der Waals surface area contributed by atoms with Crippen molar-refractivity contribution in [2.45, 2.75) is 82.8 Å². The molecule has 1 atom stereocenters. The van der Waals surface area contributed by atoms with Crippen molar-refractivity contribution in [2.75, 3.05) is 0 Å². The zero-order valence-corrected chi connectivity index (χ0v) is 10.7. The lowest BCUT2D eigenvalue weighted by molar-refractivity contribution is -0.172. The first-order valence-electron chi connectivity index (χ1n) is 7.50. The van der Waals surface area contributed by atoms with Gasteiger partial charge in [-0.2, -0.15) is 0 Å². The summed E-state index contributed by atoms with van der Waals surface area (Å²) in [6.45, 7) is 0. The van der Waals surface area contributed by atoms with Crippen LogP contribution in [0.15, 0.2) is 0 Å². The van der Waals surface area contributed by atoms with Crippen LogP contribution in [0.25, 0.3) is 0 Å². The standard InChI is InChI=1S/C15H24O2/c16-13-11-14(15(13)9-5-6-10-15)17-12-7-3-1-2-4-8-12/h12,14H,1-11H2. The first-order valence-corrected chi connectivity index (χ1v) is 7.50. The van der Waals surface area contributed by atoms with Crippen LogP contribution in [0.1, 0.15) is 70.6 Å². The van der Waals surface area contributed by atoms with E-state index in [0.29, 0.717) is 18.3 Å². The van der Waals surface area contributed by atoms with Gasteiger partial charge in [0.25, 0.3) is 0 Å². The van der Waals surface area contributed by atoms with E-state index in [1.54, 1.807) is 0 Å². The molecule has 3 saturated carbocycles. The average molecular weight is 236 g/mol. The summed E-state index contributed by atoms with van der Waals surface area (Å²) in [6, 6.07) is 0. The Bertz CT molecular complexity index is 283. The highest BCUT2D eigenvalue weighted by molar-refractivity contribution is 5.92. The van der Waals surface area contributed by atoms with E-state index in [-0.39, 0.29) is 11.5 Å². The molecule has 0 aliphatic heterocycles. The molecule has 0 heterocycles. The van der Waals surface area contributed by atoms with E-state index < -0.39 is 0 Å². The molecule has 0 bridgehead atoms. The maximum atomic E-state index is 11.9. The van der Waals surface area contributed by atoms with Crippen LogP contribution in [0.3, 0.4) is 0 Å². The quantitative estimate of drug-likeness (QED) is 0.684. The Morgan fingerprint density at radius 3 is 2.18 bits per heavy atom. The van der Waals surface area contributed by atoms with Gasteiger partial charge in [0.15, 0.2) is 0 Å². The van der Waals surface area contributed by atoms with Gasteiger partial charge in [-0.15, -0.1) is 0 Å². The van der Waals surface area contributed by atoms with E-state index in [4.69, 9.17) is 4.74 Å². The lowest BCUT2D eigenvalue weighted by atomic mass is 9.63. The van der Waals surface area contributed by atoms with Crippen LogP contribution in [0.2, 0.25) is 0 Å². The van der Waals surface area contributed by atoms with Gasteiger partial charge in [0, 0.05) is 6.42 Å². The normalized spacial score (nSPS) is 33.6. The van der Waals surface area contributed by atoms with Crippen molar-refractivity contribution in [3.63, 3.8) is 0 Å².